The summed E-state index contributed by atoms with van der Waals surface area (Å²) < 4.78 is 17.7. The summed E-state index contributed by atoms with van der Waals surface area (Å²) in [5.41, 5.74) is 3.53. The standard InChI is InChI=1S/C35H36N6O6/c1-22-27(19-38-34(39-22)25-4-3-14-36-18-25)35(44)41-15-13-29-28(20-41)40-33(43)21-46-30-11-7-23(16-31(30)45-2)8-12-32(42)37-17-24-5-9-26(47-29)10-6-24/h3-7,9-11,14,16,18-19,28-29H,8,12-13,15,17,20-21H2,1-2H3,(H,37,42)(H,40,43)/t28-,29-/m1/s1. The van der Waals surface area contributed by atoms with E-state index in [9.17, 15) is 14.4 Å². The molecule has 47 heavy (non-hydrogen) atoms. The van der Waals surface area contributed by atoms with Crippen molar-refractivity contribution in [1.82, 2.24) is 30.5 Å². The molecule has 0 radical (unpaired) electrons. The van der Waals surface area contributed by atoms with Crippen LogP contribution in [0.1, 0.15) is 40.0 Å². The molecule has 0 saturated carbocycles. The highest BCUT2D eigenvalue weighted by Crippen LogP contribution is 2.29. The number of aryl methyl sites for hydroxylation is 2. The molecule has 0 aliphatic carbocycles. The van der Waals surface area contributed by atoms with Gasteiger partial charge in [-0.25, -0.2) is 9.97 Å². The fourth-order valence-corrected chi connectivity index (χ4v) is 5.66. The summed E-state index contributed by atoms with van der Waals surface area (Å²) in [6, 6.07) is 16.0. The van der Waals surface area contributed by atoms with Crippen molar-refractivity contribution in [2.24, 2.45) is 0 Å². The molecule has 2 N–H and O–H groups in total. The van der Waals surface area contributed by atoms with Crippen molar-refractivity contribution >= 4 is 17.7 Å². The predicted octanol–water partition coefficient (Wildman–Crippen LogP) is 3.28. The van der Waals surface area contributed by atoms with Crippen molar-refractivity contribution in [3.63, 3.8) is 0 Å². The van der Waals surface area contributed by atoms with Gasteiger partial charge in [0.15, 0.2) is 23.9 Å². The van der Waals surface area contributed by atoms with Crippen LogP contribution in [-0.4, -0.2) is 76.5 Å². The number of hydrogen-bond acceptors (Lipinski definition) is 9. The minimum Gasteiger partial charge on any atom is -0.493 e. The van der Waals surface area contributed by atoms with Crippen LogP contribution in [0.3, 0.4) is 0 Å². The molecule has 0 spiro atoms. The lowest BCUT2D eigenvalue weighted by molar-refractivity contribution is -0.125. The number of nitrogens with zero attached hydrogens (tertiary/aromatic N) is 4. The zero-order valence-electron chi connectivity index (χ0n) is 26.3. The van der Waals surface area contributed by atoms with Crippen LogP contribution in [0.2, 0.25) is 0 Å². The van der Waals surface area contributed by atoms with Crippen molar-refractivity contribution in [2.75, 3.05) is 26.8 Å². The molecule has 0 unspecified atom stereocenters. The van der Waals surface area contributed by atoms with Gasteiger partial charge in [0.1, 0.15) is 11.9 Å². The second-order valence-electron chi connectivity index (χ2n) is 11.5. The number of rotatable bonds is 3. The smallest absolute Gasteiger partial charge is 0.258 e. The summed E-state index contributed by atoms with van der Waals surface area (Å²) in [4.78, 5) is 54.3. The number of pyridine rings is 1. The number of nitrogens with one attached hydrogen (secondary N) is 2. The second kappa shape index (κ2) is 14.3. The summed E-state index contributed by atoms with van der Waals surface area (Å²) >= 11 is 0. The van der Waals surface area contributed by atoms with Gasteiger partial charge in [0.05, 0.1) is 24.4 Å². The van der Waals surface area contributed by atoms with Crippen LogP contribution in [0.5, 0.6) is 17.2 Å². The first-order valence-corrected chi connectivity index (χ1v) is 15.5. The van der Waals surface area contributed by atoms with Gasteiger partial charge in [-0.15, -0.1) is 0 Å². The van der Waals surface area contributed by atoms with E-state index in [1.807, 2.05) is 36.4 Å². The first-order valence-electron chi connectivity index (χ1n) is 15.5. The number of piperidine rings is 1. The predicted molar refractivity (Wildman–Crippen MR) is 172 cm³/mol. The largest absolute Gasteiger partial charge is 0.493 e. The topological polar surface area (TPSA) is 145 Å². The maximum absolute atomic E-state index is 13.7. The molecule has 5 aliphatic rings. The Labute approximate surface area is 272 Å². The lowest BCUT2D eigenvalue weighted by atomic mass is 10.0. The molecular formula is C35H36N6O6. The normalized spacial score (nSPS) is 18.6. The van der Waals surface area contributed by atoms with Gasteiger partial charge in [0, 0.05) is 56.6 Å². The van der Waals surface area contributed by atoms with Gasteiger partial charge in [-0.2, -0.15) is 0 Å². The van der Waals surface area contributed by atoms with Crippen LogP contribution >= 0.6 is 0 Å². The van der Waals surface area contributed by atoms with Crippen LogP contribution in [-0.2, 0) is 22.6 Å². The molecule has 12 heteroatoms. The minimum absolute atomic E-state index is 0.0639. The van der Waals surface area contributed by atoms with Gasteiger partial charge in [-0.05, 0) is 60.9 Å². The molecule has 3 amide bonds. The molecule has 1 fully saturated rings. The quantitative estimate of drug-likeness (QED) is 0.346. The number of hydrogen-bond donors (Lipinski definition) is 2. The Morgan fingerprint density at radius 3 is 2.62 bits per heavy atom. The summed E-state index contributed by atoms with van der Waals surface area (Å²) in [7, 11) is 1.52. The Morgan fingerprint density at radius 1 is 1.02 bits per heavy atom. The minimum atomic E-state index is -0.534. The van der Waals surface area contributed by atoms with Gasteiger partial charge < -0.3 is 29.7 Å². The van der Waals surface area contributed by atoms with E-state index in [-0.39, 0.29) is 30.9 Å². The van der Waals surface area contributed by atoms with Gasteiger partial charge in [0.2, 0.25) is 5.91 Å². The number of carbonyl (C=O) groups excluding carboxylic acids is 3. The maximum atomic E-state index is 13.7. The zero-order valence-corrected chi connectivity index (χ0v) is 26.3. The van der Waals surface area contributed by atoms with Gasteiger partial charge in [-0.3, -0.25) is 19.4 Å². The molecule has 242 valence electrons. The number of likely N-dealkylation sites (tertiary alicyclic amines) is 1. The average Bonchev–Trinajstić information content (AvgIpc) is 3.10. The number of carbonyl (C=O) groups is 3. The number of aromatic nitrogens is 3. The molecule has 4 aromatic rings. The molecule has 9 rings (SSSR count). The highest BCUT2D eigenvalue weighted by molar-refractivity contribution is 5.95. The maximum Gasteiger partial charge on any atom is 0.258 e. The van der Waals surface area contributed by atoms with Crippen LogP contribution in [0.15, 0.2) is 73.2 Å². The molecule has 4 bridgehead atoms. The van der Waals surface area contributed by atoms with Gasteiger partial charge in [-0.1, -0.05) is 18.2 Å². The molecule has 5 aliphatic heterocycles. The first kappa shape index (κ1) is 31.5. The molecule has 2 aromatic carbocycles. The van der Waals surface area contributed by atoms with E-state index in [0.717, 1.165) is 16.7 Å². The monoisotopic (exact) mass is 636 g/mol. The fraction of sp³-hybridized carbons (Fsp3) is 0.314. The van der Waals surface area contributed by atoms with Crippen LogP contribution < -0.4 is 24.8 Å². The van der Waals surface area contributed by atoms with Gasteiger partial charge in [0.25, 0.3) is 11.8 Å². The van der Waals surface area contributed by atoms with Crippen molar-refractivity contribution in [3.8, 4) is 28.6 Å². The third-order valence-corrected chi connectivity index (χ3v) is 8.24. The van der Waals surface area contributed by atoms with E-state index in [0.29, 0.717) is 66.7 Å². The molecule has 12 nitrogen and oxygen atoms in total. The third-order valence-electron chi connectivity index (χ3n) is 8.24. The summed E-state index contributed by atoms with van der Waals surface area (Å²) in [6.07, 6.45) is 5.78. The summed E-state index contributed by atoms with van der Waals surface area (Å²) in [5.74, 6) is 1.31. The van der Waals surface area contributed by atoms with Crippen molar-refractivity contribution < 1.29 is 28.6 Å². The van der Waals surface area contributed by atoms with Crippen molar-refractivity contribution in [2.45, 2.75) is 44.9 Å². The van der Waals surface area contributed by atoms with E-state index < -0.39 is 12.1 Å². The molecular weight excluding hydrogens is 600 g/mol. The highest BCUT2D eigenvalue weighted by atomic mass is 16.5. The molecule has 2 atom stereocenters. The third kappa shape index (κ3) is 7.66. The van der Waals surface area contributed by atoms with E-state index in [4.69, 9.17) is 14.2 Å². The SMILES string of the molecule is COc1cc2ccc1OCC(=O)N[C@@H]1CN(C(=O)c3cnc(-c4cccnc4)nc3C)CC[C@H]1Oc1ccc(cc1)CNC(=O)CC2. The fourth-order valence-electron chi connectivity index (χ4n) is 5.66. The second-order valence-corrected chi connectivity index (χ2v) is 11.5. The average molecular weight is 637 g/mol. The lowest BCUT2D eigenvalue weighted by Gasteiger charge is -2.39. The van der Waals surface area contributed by atoms with Crippen LogP contribution in [0.4, 0.5) is 0 Å². The Balaban J connectivity index is 1.22. The summed E-state index contributed by atoms with van der Waals surface area (Å²) in [5, 5.41) is 6.00. The first-order chi connectivity index (χ1) is 22.9. The van der Waals surface area contributed by atoms with E-state index in [2.05, 4.69) is 25.6 Å². The lowest BCUT2D eigenvalue weighted by Crippen LogP contribution is -2.58. The highest BCUT2D eigenvalue weighted by Gasteiger charge is 2.35. The van der Waals surface area contributed by atoms with Crippen molar-refractivity contribution in [3.05, 3.63) is 95.6 Å². The number of benzene rings is 2. The van der Waals surface area contributed by atoms with E-state index in [1.165, 1.54) is 7.11 Å². The molecule has 2 aromatic heterocycles. The summed E-state index contributed by atoms with van der Waals surface area (Å²) in [6.45, 7) is 2.51. The van der Waals surface area contributed by atoms with E-state index in [1.54, 1.807) is 48.6 Å². The molecule has 7 heterocycles. The van der Waals surface area contributed by atoms with Crippen LogP contribution in [0.25, 0.3) is 11.4 Å². The Kier molecular flexibility index (Phi) is 9.56. The molecule has 1 saturated heterocycles. The number of methoxy groups -OCH3 is 1. The Hall–Kier alpha value is -5.52. The Bertz CT molecular complexity index is 1750. The van der Waals surface area contributed by atoms with Gasteiger partial charge >= 0.3 is 0 Å². The van der Waals surface area contributed by atoms with Crippen molar-refractivity contribution in [1.29, 1.82) is 0 Å². The van der Waals surface area contributed by atoms with E-state index >= 15 is 0 Å². The number of ether oxygens (including phenoxy) is 3. The zero-order chi connectivity index (χ0) is 32.8. The number of amides is 3. The Morgan fingerprint density at radius 2 is 1.85 bits per heavy atom. The van der Waals surface area contributed by atoms with Crippen LogP contribution in [0, 0.1) is 6.92 Å².